The lowest BCUT2D eigenvalue weighted by Crippen LogP contribution is -2.52. The zero-order valence-corrected chi connectivity index (χ0v) is 44.2. The Morgan fingerprint density at radius 1 is 0.317 bits per heavy atom. The first-order chi connectivity index (χ1) is 28.7. The number of hydrogen-bond acceptors (Lipinski definition) is 8. The average Bonchev–Trinajstić information content (AvgIpc) is 4.05. The fourth-order valence-corrected chi connectivity index (χ4v) is 15.5. The Morgan fingerprint density at radius 3 is 0.683 bits per heavy atom. The molecule has 4 aromatic rings. The standard InChI is InChI=1S/C44H40Br8N4O4/c45-21-9-17(10-22(46)41(21)57)37-29-1-2-30(53-29)38(18-11-23(47)42(58)24(48)12-18)32-5-6-34(55-32)40(20-15-27(51)44(60)28(52)16-20)36-8-7-35(56-36)39(33-4-3-31(37)54-33)19-13-25(49)43(59)26(50)14-19/h1-2,7-16,29-40,53-60H,3-6H2. The van der Waals surface area contributed by atoms with Gasteiger partial charge in [-0.3, -0.25) is 0 Å². The summed E-state index contributed by atoms with van der Waals surface area (Å²) in [5, 5.41) is 59.9. The third-order valence-electron chi connectivity index (χ3n) is 13.2. The molecule has 9 rings (SSSR count). The topological polar surface area (TPSA) is 129 Å². The van der Waals surface area contributed by atoms with Gasteiger partial charge >= 0.3 is 0 Å². The number of benzene rings is 4. The normalized spacial score (nSPS) is 32.3. The van der Waals surface area contributed by atoms with Crippen LogP contribution in [0, 0.1) is 0 Å². The van der Waals surface area contributed by atoms with E-state index >= 15 is 0 Å². The van der Waals surface area contributed by atoms with E-state index in [9.17, 15) is 20.4 Å². The fraction of sp³-hybridized carbons (Fsp3) is 0.364. The van der Waals surface area contributed by atoms with Crippen LogP contribution in [0.1, 0.15) is 71.6 Å². The highest BCUT2D eigenvalue weighted by Gasteiger charge is 2.48. The summed E-state index contributed by atoms with van der Waals surface area (Å²) in [5.41, 5.74) is 4.39. The number of fused-ring (bicyclic) bond motifs is 8. The van der Waals surface area contributed by atoms with E-state index in [-0.39, 0.29) is 95.0 Å². The average molecular weight is 1330 g/mol. The summed E-state index contributed by atoms with van der Waals surface area (Å²) in [6.45, 7) is 0. The zero-order valence-electron chi connectivity index (χ0n) is 31.5. The van der Waals surface area contributed by atoms with Crippen molar-refractivity contribution >= 4 is 127 Å². The van der Waals surface area contributed by atoms with E-state index in [1.807, 2.05) is 48.5 Å². The molecule has 60 heavy (non-hydrogen) atoms. The summed E-state index contributed by atoms with van der Waals surface area (Å²) >= 11 is 29.2. The SMILES string of the molecule is Oc1c(Br)cc(C2C3C=CC(N3)C(c3cc(Br)c(O)c(Br)c3)C3CCC(N3)C(c3cc(Br)c(O)c(Br)c3)C3C=CC(N3)C(c3cc(Br)c(O)c(Br)c3)C3CCC2N3)cc1Br. The van der Waals surface area contributed by atoms with Gasteiger partial charge in [-0.2, -0.15) is 0 Å². The summed E-state index contributed by atoms with van der Waals surface area (Å²) in [5.74, 6) is 0.667. The van der Waals surface area contributed by atoms with Crippen LogP contribution in [0.2, 0.25) is 0 Å². The van der Waals surface area contributed by atoms with E-state index in [0.717, 1.165) is 47.9 Å². The van der Waals surface area contributed by atoms with Gasteiger partial charge in [-0.15, -0.1) is 0 Å². The van der Waals surface area contributed by atoms with E-state index in [1.165, 1.54) is 0 Å². The van der Waals surface area contributed by atoms with Crippen molar-refractivity contribution in [3.63, 3.8) is 0 Å². The molecular weight excluding hydrogens is 1290 g/mol. The van der Waals surface area contributed by atoms with Crippen molar-refractivity contribution in [3.8, 4) is 23.0 Å². The molecular formula is C44H40Br8N4O4. The molecule has 0 amide bonds. The van der Waals surface area contributed by atoms with E-state index < -0.39 is 0 Å². The summed E-state index contributed by atoms with van der Waals surface area (Å²) in [6.07, 6.45) is 13.0. The molecule has 4 aromatic carbocycles. The number of phenolic OH excluding ortho intramolecular Hbond substituents is 4. The zero-order chi connectivity index (χ0) is 42.3. The third kappa shape index (κ3) is 8.35. The molecule has 0 spiro atoms. The Labute approximate surface area is 416 Å². The van der Waals surface area contributed by atoms with Gasteiger partial charge in [-0.1, -0.05) is 24.3 Å². The summed E-state index contributed by atoms with van der Waals surface area (Å²) in [7, 11) is 0. The van der Waals surface area contributed by atoms with E-state index in [0.29, 0.717) is 35.8 Å². The van der Waals surface area contributed by atoms with Crippen LogP contribution < -0.4 is 21.3 Å². The van der Waals surface area contributed by atoms with Gasteiger partial charge in [0.2, 0.25) is 0 Å². The highest BCUT2D eigenvalue weighted by Crippen LogP contribution is 2.48. The molecule has 5 aliphatic rings. The molecule has 0 aromatic heterocycles. The molecule has 0 aliphatic carbocycles. The fourth-order valence-electron chi connectivity index (χ4n) is 10.6. The lowest BCUT2D eigenvalue weighted by Gasteiger charge is -2.38. The lowest BCUT2D eigenvalue weighted by atomic mass is 9.83. The largest absolute Gasteiger partial charge is 0.506 e. The Balaban J connectivity index is 1.19. The second-order valence-corrected chi connectivity index (χ2v) is 23.4. The maximum Gasteiger partial charge on any atom is 0.143 e. The van der Waals surface area contributed by atoms with Crippen molar-refractivity contribution in [3.05, 3.63) is 131 Å². The van der Waals surface area contributed by atoms with Crippen molar-refractivity contribution in [2.45, 2.75) is 97.7 Å². The van der Waals surface area contributed by atoms with E-state index in [4.69, 9.17) is 0 Å². The highest BCUT2D eigenvalue weighted by atomic mass is 79.9. The highest BCUT2D eigenvalue weighted by molar-refractivity contribution is 9.12. The van der Waals surface area contributed by atoms with Gasteiger partial charge in [-0.05, 0) is 224 Å². The smallest absolute Gasteiger partial charge is 0.143 e. The number of phenols is 4. The summed E-state index contributed by atoms with van der Waals surface area (Å²) < 4.78 is 5.08. The molecule has 12 atom stereocenters. The van der Waals surface area contributed by atoms with Crippen LogP contribution >= 0.6 is 127 Å². The number of aromatic hydroxyl groups is 4. The minimum atomic E-state index is -0.0464. The maximum atomic E-state index is 10.8. The Morgan fingerprint density at radius 2 is 0.500 bits per heavy atom. The Bertz CT molecular complexity index is 2000. The predicted octanol–water partition coefficient (Wildman–Crippen LogP) is 12.1. The minimum Gasteiger partial charge on any atom is -0.506 e. The van der Waals surface area contributed by atoms with Crippen molar-refractivity contribution in [2.75, 3.05) is 0 Å². The van der Waals surface area contributed by atoms with Crippen molar-refractivity contribution in [2.24, 2.45) is 0 Å². The molecule has 5 aliphatic heterocycles. The lowest BCUT2D eigenvalue weighted by molar-refractivity contribution is 0.316. The molecule has 12 unspecified atom stereocenters. The van der Waals surface area contributed by atoms with Crippen LogP contribution in [0.25, 0.3) is 0 Å². The first-order valence-corrected chi connectivity index (χ1v) is 26.1. The van der Waals surface area contributed by atoms with Crippen LogP contribution in [0.3, 0.4) is 0 Å². The van der Waals surface area contributed by atoms with Crippen LogP contribution in [-0.4, -0.2) is 68.8 Å². The molecule has 8 nitrogen and oxygen atoms in total. The van der Waals surface area contributed by atoms with Gasteiger partial charge < -0.3 is 41.7 Å². The number of nitrogens with one attached hydrogen (secondary N) is 4. The van der Waals surface area contributed by atoms with Gasteiger partial charge in [0, 0.05) is 72.0 Å². The van der Waals surface area contributed by atoms with E-state index in [1.54, 1.807) is 0 Å². The van der Waals surface area contributed by atoms with Crippen LogP contribution in [-0.2, 0) is 0 Å². The molecule has 3 saturated heterocycles. The maximum absolute atomic E-state index is 10.8. The minimum absolute atomic E-state index is 0.00452. The first-order valence-electron chi connectivity index (χ1n) is 19.8. The van der Waals surface area contributed by atoms with Gasteiger partial charge in [0.05, 0.1) is 35.8 Å². The number of hydrogen-bond donors (Lipinski definition) is 8. The first kappa shape index (κ1) is 44.4. The monoisotopic (exact) mass is 1320 g/mol. The quantitative estimate of drug-likeness (QED) is 0.0949. The molecule has 8 N–H and O–H groups in total. The molecule has 8 bridgehead atoms. The van der Waals surface area contributed by atoms with Gasteiger partial charge in [0.25, 0.3) is 0 Å². The number of rotatable bonds is 4. The molecule has 316 valence electrons. The van der Waals surface area contributed by atoms with Crippen LogP contribution in [0.5, 0.6) is 23.0 Å². The van der Waals surface area contributed by atoms with E-state index in [2.05, 4.69) is 173 Å². The van der Waals surface area contributed by atoms with Crippen LogP contribution in [0.15, 0.2) is 109 Å². The van der Waals surface area contributed by atoms with Crippen molar-refractivity contribution in [1.82, 2.24) is 21.3 Å². The molecule has 0 radical (unpaired) electrons. The van der Waals surface area contributed by atoms with Gasteiger partial charge in [0.15, 0.2) is 0 Å². The Hall–Kier alpha value is -0.760. The second kappa shape index (κ2) is 17.9. The van der Waals surface area contributed by atoms with Gasteiger partial charge in [-0.25, -0.2) is 0 Å². The molecule has 3 fully saturated rings. The van der Waals surface area contributed by atoms with Crippen LogP contribution in [0.4, 0.5) is 0 Å². The molecule has 0 saturated carbocycles. The predicted molar refractivity (Wildman–Crippen MR) is 265 cm³/mol. The Kier molecular flexibility index (Phi) is 13.3. The summed E-state index contributed by atoms with van der Waals surface area (Å²) in [6, 6.07) is 16.5. The second-order valence-electron chi connectivity index (χ2n) is 16.6. The van der Waals surface area contributed by atoms with Crippen molar-refractivity contribution in [1.29, 1.82) is 0 Å². The van der Waals surface area contributed by atoms with Gasteiger partial charge in [0.1, 0.15) is 23.0 Å². The third-order valence-corrected chi connectivity index (χ3v) is 18.1. The number of halogens is 8. The molecule has 16 heteroatoms. The van der Waals surface area contributed by atoms with Crippen molar-refractivity contribution < 1.29 is 20.4 Å². The molecule has 5 heterocycles. The summed E-state index contributed by atoms with van der Waals surface area (Å²) in [4.78, 5) is 0.